The summed E-state index contributed by atoms with van der Waals surface area (Å²) >= 11 is 6.01. The number of para-hydroxylation sites is 1. The normalized spacial score (nSPS) is 24.9. The molecule has 2 heterocycles. The number of anilines is 1. The molecule has 2 saturated heterocycles. The molecule has 6 heteroatoms. The fourth-order valence-corrected chi connectivity index (χ4v) is 3.52. The fraction of sp³-hybridized carbons (Fsp3) is 0.500. The van der Waals surface area contributed by atoms with Crippen LogP contribution in [0.5, 0.6) is 0 Å². The number of fused-ring (bicyclic) bond motifs is 1. The molecule has 2 amide bonds. The molecule has 22 heavy (non-hydrogen) atoms. The SMILES string of the molecule is C[C@@H]1CN2CCC[C@H]2CN1C(=O)C(=O)Nc1ccccc1Cl. The summed E-state index contributed by atoms with van der Waals surface area (Å²) in [4.78, 5) is 28.8. The molecule has 118 valence electrons. The summed E-state index contributed by atoms with van der Waals surface area (Å²) in [6.45, 7) is 4.57. The standard InChI is InChI=1S/C16H20ClN3O2/c1-11-9-19-8-4-5-12(19)10-20(11)16(22)15(21)18-14-7-3-2-6-13(14)17/h2-3,6-7,11-12H,4-5,8-10H2,1H3,(H,18,21)/t11-,12+/m1/s1. The third kappa shape index (κ3) is 2.96. The van der Waals surface area contributed by atoms with Crippen LogP contribution in [0.3, 0.4) is 0 Å². The molecule has 1 aromatic carbocycles. The van der Waals surface area contributed by atoms with Crippen LogP contribution in [0.4, 0.5) is 5.69 Å². The quantitative estimate of drug-likeness (QED) is 0.805. The molecule has 0 aliphatic carbocycles. The number of nitrogens with zero attached hydrogens (tertiary/aromatic N) is 2. The van der Waals surface area contributed by atoms with Crippen LogP contribution >= 0.6 is 11.6 Å². The second-order valence-corrected chi connectivity index (χ2v) is 6.44. The van der Waals surface area contributed by atoms with E-state index in [1.54, 1.807) is 29.2 Å². The van der Waals surface area contributed by atoms with Gasteiger partial charge in [-0.2, -0.15) is 0 Å². The second kappa shape index (κ2) is 6.26. The summed E-state index contributed by atoms with van der Waals surface area (Å²) < 4.78 is 0. The molecule has 0 unspecified atom stereocenters. The predicted octanol–water partition coefficient (Wildman–Crippen LogP) is 1.97. The van der Waals surface area contributed by atoms with E-state index in [-0.39, 0.29) is 6.04 Å². The first-order valence-corrected chi connectivity index (χ1v) is 8.04. The average Bonchev–Trinajstić information content (AvgIpc) is 2.95. The molecular formula is C16H20ClN3O2. The minimum Gasteiger partial charge on any atom is -0.329 e. The zero-order valence-corrected chi connectivity index (χ0v) is 13.3. The van der Waals surface area contributed by atoms with Crippen LogP contribution in [0, 0.1) is 0 Å². The number of halogens is 1. The van der Waals surface area contributed by atoms with Gasteiger partial charge in [-0.1, -0.05) is 23.7 Å². The van der Waals surface area contributed by atoms with Gasteiger partial charge < -0.3 is 10.2 Å². The average molecular weight is 322 g/mol. The first-order chi connectivity index (χ1) is 10.6. The largest absolute Gasteiger partial charge is 0.329 e. The van der Waals surface area contributed by atoms with Gasteiger partial charge in [-0.05, 0) is 38.4 Å². The van der Waals surface area contributed by atoms with E-state index in [1.807, 2.05) is 6.92 Å². The van der Waals surface area contributed by atoms with E-state index in [2.05, 4.69) is 10.2 Å². The maximum atomic E-state index is 12.5. The minimum atomic E-state index is -0.619. The molecule has 2 atom stereocenters. The van der Waals surface area contributed by atoms with Crippen molar-refractivity contribution in [3.8, 4) is 0 Å². The van der Waals surface area contributed by atoms with Crippen molar-refractivity contribution in [2.75, 3.05) is 25.0 Å². The minimum absolute atomic E-state index is 0.0545. The number of benzene rings is 1. The van der Waals surface area contributed by atoms with Crippen molar-refractivity contribution < 1.29 is 9.59 Å². The Morgan fingerprint density at radius 2 is 2.05 bits per heavy atom. The van der Waals surface area contributed by atoms with Crippen molar-refractivity contribution >= 4 is 29.1 Å². The number of rotatable bonds is 1. The predicted molar refractivity (Wildman–Crippen MR) is 85.9 cm³/mol. The molecule has 2 fully saturated rings. The highest BCUT2D eigenvalue weighted by atomic mass is 35.5. The Hall–Kier alpha value is -1.59. The van der Waals surface area contributed by atoms with Crippen molar-refractivity contribution in [2.45, 2.75) is 31.8 Å². The van der Waals surface area contributed by atoms with Crippen LogP contribution in [0.2, 0.25) is 5.02 Å². The molecule has 2 aliphatic rings. The van der Waals surface area contributed by atoms with Crippen LogP contribution in [-0.2, 0) is 9.59 Å². The maximum absolute atomic E-state index is 12.5. The molecular weight excluding hydrogens is 302 g/mol. The van der Waals surface area contributed by atoms with Gasteiger partial charge in [0.05, 0.1) is 10.7 Å². The van der Waals surface area contributed by atoms with E-state index in [9.17, 15) is 9.59 Å². The first kappa shape index (κ1) is 15.3. The Morgan fingerprint density at radius 1 is 1.27 bits per heavy atom. The number of hydrogen-bond donors (Lipinski definition) is 1. The Labute approximate surface area is 135 Å². The van der Waals surface area contributed by atoms with Crippen molar-refractivity contribution in [1.82, 2.24) is 9.80 Å². The van der Waals surface area contributed by atoms with Crippen molar-refractivity contribution in [2.24, 2.45) is 0 Å². The molecule has 0 aromatic heterocycles. The number of nitrogens with one attached hydrogen (secondary N) is 1. The van der Waals surface area contributed by atoms with Crippen LogP contribution in [-0.4, -0.2) is 53.3 Å². The summed E-state index contributed by atoms with van der Waals surface area (Å²) in [6.07, 6.45) is 2.27. The summed E-state index contributed by atoms with van der Waals surface area (Å²) in [7, 11) is 0. The summed E-state index contributed by atoms with van der Waals surface area (Å²) in [5, 5.41) is 3.04. The number of amides is 2. The lowest BCUT2D eigenvalue weighted by molar-refractivity contribution is -0.147. The highest BCUT2D eigenvalue weighted by Gasteiger charge is 2.38. The molecule has 1 aromatic rings. The third-order valence-corrected chi connectivity index (χ3v) is 4.84. The lowest BCUT2D eigenvalue weighted by Crippen LogP contribution is -2.58. The Kier molecular flexibility index (Phi) is 4.36. The first-order valence-electron chi connectivity index (χ1n) is 7.67. The zero-order valence-electron chi connectivity index (χ0n) is 12.6. The maximum Gasteiger partial charge on any atom is 0.313 e. The summed E-state index contributed by atoms with van der Waals surface area (Å²) in [5.74, 6) is -1.09. The Morgan fingerprint density at radius 3 is 2.82 bits per heavy atom. The van der Waals surface area contributed by atoms with E-state index < -0.39 is 11.8 Å². The van der Waals surface area contributed by atoms with E-state index in [0.717, 1.165) is 19.5 Å². The zero-order chi connectivity index (χ0) is 15.7. The lowest BCUT2D eigenvalue weighted by Gasteiger charge is -2.41. The van der Waals surface area contributed by atoms with Gasteiger partial charge in [-0.15, -0.1) is 0 Å². The van der Waals surface area contributed by atoms with Gasteiger partial charge in [-0.3, -0.25) is 14.5 Å². The highest BCUT2D eigenvalue weighted by Crippen LogP contribution is 2.25. The van der Waals surface area contributed by atoms with Crippen molar-refractivity contribution in [3.63, 3.8) is 0 Å². The summed E-state index contributed by atoms with van der Waals surface area (Å²) in [5.41, 5.74) is 0.467. The topological polar surface area (TPSA) is 52.7 Å². The third-order valence-electron chi connectivity index (χ3n) is 4.51. The van der Waals surface area contributed by atoms with E-state index in [4.69, 9.17) is 11.6 Å². The highest BCUT2D eigenvalue weighted by molar-refractivity contribution is 6.41. The number of carbonyl (C=O) groups is 2. The second-order valence-electron chi connectivity index (χ2n) is 6.03. The molecule has 0 bridgehead atoms. The van der Waals surface area contributed by atoms with Gasteiger partial charge in [0.2, 0.25) is 0 Å². The lowest BCUT2D eigenvalue weighted by atomic mass is 10.1. The number of hydrogen-bond acceptors (Lipinski definition) is 3. The van der Waals surface area contributed by atoms with Gasteiger partial charge in [-0.25, -0.2) is 0 Å². The van der Waals surface area contributed by atoms with Crippen LogP contribution in [0.15, 0.2) is 24.3 Å². The summed E-state index contributed by atoms with van der Waals surface area (Å²) in [6, 6.07) is 7.37. The molecule has 0 spiro atoms. The number of piperazine rings is 1. The molecule has 3 rings (SSSR count). The van der Waals surface area contributed by atoms with Gasteiger partial charge in [0, 0.05) is 25.2 Å². The fourth-order valence-electron chi connectivity index (χ4n) is 3.34. The molecule has 0 radical (unpaired) electrons. The van der Waals surface area contributed by atoms with Crippen molar-refractivity contribution in [1.29, 1.82) is 0 Å². The van der Waals surface area contributed by atoms with Crippen molar-refractivity contribution in [3.05, 3.63) is 29.3 Å². The molecule has 2 aliphatic heterocycles. The Bertz CT molecular complexity index is 593. The van der Waals surface area contributed by atoms with E-state index in [1.165, 1.54) is 6.42 Å². The van der Waals surface area contributed by atoms with Crippen LogP contribution in [0.1, 0.15) is 19.8 Å². The molecule has 1 N–H and O–H groups in total. The Balaban J connectivity index is 1.67. The molecule has 0 saturated carbocycles. The monoisotopic (exact) mass is 321 g/mol. The van der Waals surface area contributed by atoms with Gasteiger partial charge in [0.15, 0.2) is 0 Å². The molecule has 5 nitrogen and oxygen atoms in total. The smallest absolute Gasteiger partial charge is 0.313 e. The van der Waals surface area contributed by atoms with E-state index >= 15 is 0 Å². The van der Waals surface area contributed by atoms with Crippen LogP contribution < -0.4 is 5.32 Å². The van der Waals surface area contributed by atoms with Gasteiger partial charge >= 0.3 is 11.8 Å². The van der Waals surface area contributed by atoms with Gasteiger partial charge in [0.25, 0.3) is 0 Å². The van der Waals surface area contributed by atoms with Crippen LogP contribution in [0.25, 0.3) is 0 Å². The van der Waals surface area contributed by atoms with E-state index in [0.29, 0.717) is 23.3 Å². The number of carbonyl (C=O) groups excluding carboxylic acids is 2. The van der Waals surface area contributed by atoms with Gasteiger partial charge in [0.1, 0.15) is 0 Å².